The molecule has 2 aromatic rings. The molecule has 0 spiro atoms. The van der Waals surface area contributed by atoms with Crippen molar-refractivity contribution in [3.05, 3.63) is 42.0 Å². The van der Waals surface area contributed by atoms with Crippen molar-refractivity contribution in [2.45, 2.75) is 6.42 Å². The Kier molecular flexibility index (Phi) is 1.39. The zero-order valence-electron chi connectivity index (χ0n) is 7.49. The molecule has 2 heteroatoms. The summed E-state index contributed by atoms with van der Waals surface area (Å²) < 4.78 is 5.08. The molecule has 0 saturated heterocycles. The summed E-state index contributed by atoms with van der Waals surface area (Å²) in [5.41, 5.74) is 1.02. The van der Waals surface area contributed by atoms with E-state index in [0.29, 0.717) is 12.2 Å². The van der Waals surface area contributed by atoms with Crippen LogP contribution in [0.1, 0.15) is 5.56 Å². The lowest BCUT2D eigenvalue weighted by molar-refractivity contribution is -0.131. The summed E-state index contributed by atoms with van der Waals surface area (Å²) in [6.07, 6.45) is 0.399. The first-order valence-electron chi connectivity index (χ1n) is 4.56. The average Bonchev–Trinajstić information content (AvgIpc) is 2.59. The molecule has 0 fully saturated rings. The van der Waals surface area contributed by atoms with Crippen LogP contribution in [0.15, 0.2) is 36.4 Å². The van der Waals surface area contributed by atoms with Gasteiger partial charge in [-0.1, -0.05) is 30.3 Å². The Labute approximate surface area is 81.1 Å². The van der Waals surface area contributed by atoms with Crippen molar-refractivity contribution in [2.24, 2.45) is 0 Å². The van der Waals surface area contributed by atoms with E-state index in [0.717, 1.165) is 16.3 Å². The summed E-state index contributed by atoms with van der Waals surface area (Å²) >= 11 is 0. The van der Waals surface area contributed by atoms with Crippen LogP contribution in [-0.2, 0) is 11.2 Å². The van der Waals surface area contributed by atoms with E-state index in [4.69, 9.17) is 4.74 Å². The van der Waals surface area contributed by atoms with Gasteiger partial charge < -0.3 is 4.74 Å². The molecule has 0 amide bonds. The van der Waals surface area contributed by atoms with Crippen LogP contribution >= 0.6 is 0 Å². The van der Waals surface area contributed by atoms with Crippen molar-refractivity contribution in [2.75, 3.05) is 0 Å². The minimum Gasteiger partial charge on any atom is -0.426 e. The van der Waals surface area contributed by atoms with Crippen LogP contribution in [0.5, 0.6) is 5.75 Å². The second-order valence-corrected chi connectivity index (χ2v) is 3.41. The summed E-state index contributed by atoms with van der Waals surface area (Å²) in [6.45, 7) is 0. The number of hydrogen-bond donors (Lipinski definition) is 0. The number of hydrogen-bond acceptors (Lipinski definition) is 2. The van der Waals surface area contributed by atoms with Crippen molar-refractivity contribution in [1.82, 2.24) is 0 Å². The fourth-order valence-electron chi connectivity index (χ4n) is 1.90. The van der Waals surface area contributed by atoms with Crippen molar-refractivity contribution >= 4 is 16.7 Å². The molecule has 3 rings (SSSR count). The Bertz CT molecular complexity index is 529. The second-order valence-electron chi connectivity index (χ2n) is 3.41. The standard InChI is InChI=1S/C12H8O2/c13-12-7-10-9-4-2-1-3-8(9)5-6-11(10)14-12/h1-6H,7H2. The van der Waals surface area contributed by atoms with E-state index < -0.39 is 0 Å². The van der Waals surface area contributed by atoms with E-state index in [1.807, 2.05) is 36.4 Å². The maximum atomic E-state index is 11.1. The van der Waals surface area contributed by atoms with E-state index in [1.165, 1.54) is 0 Å². The molecule has 14 heavy (non-hydrogen) atoms. The van der Waals surface area contributed by atoms with E-state index in [9.17, 15) is 4.79 Å². The molecule has 1 heterocycles. The zero-order valence-corrected chi connectivity index (χ0v) is 7.49. The highest BCUT2D eigenvalue weighted by molar-refractivity contribution is 5.94. The number of rotatable bonds is 0. The lowest BCUT2D eigenvalue weighted by Gasteiger charge is -2.01. The van der Waals surface area contributed by atoms with Gasteiger partial charge in [0.2, 0.25) is 0 Å². The zero-order chi connectivity index (χ0) is 9.54. The lowest BCUT2D eigenvalue weighted by atomic mass is 10.0. The smallest absolute Gasteiger partial charge is 0.315 e. The largest absolute Gasteiger partial charge is 0.426 e. The van der Waals surface area contributed by atoms with Crippen LogP contribution in [0.2, 0.25) is 0 Å². The molecule has 0 aromatic heterocycles. The number of carbonyl (C=O) groups is 1. The van der Waals surface area contributed by atoms with Crippen molar-refractivity contribution < 1.29 is 9.53 Å². The van der Waals surface area contributed by atoms with Gasteiger partial charge in [0.1, 0.15) is 5.75 Å². The molecule has 2 aromatic carbocycles. The van der Waals surface area contributed by atoms with Crippen LogP contribution in [-0.4, -0.2) is 5.97 Å². The predicted octanol–water partition coefficient (Wildman–Crippen LogP) is 2.30. The lowest BCUT2D eigenvalue weighted by Crippen LogP contribution is -2.00. The fourth-order valence-corrected chi connectivity index (χ4v) is 1.90. The predicted molar refractivity (Wildman–Crippen MR) is 53.3 cm³/mol. The highest BCUT2D eigenvalue weighted by Crippen LogP contribution is 2.32. The van der Waals surface area contributed by atoms with Gasteiger partial charge in [-0.2, -0.15) is 0 Å². The molecule has 0 atom stereocenters. The Hall–Kier alpha value is -1.83. The number of carbonyl (C=O) groups excluding carboxylic acids is 1. The molecule has 68 valence electrons. The van der Waals surface area contributed by atoms with Gasteiger partial charge in [-0.05, 0) is 16.8 Å². The van der Waals surface area contributed by atoms with Gasteiger partial charge >= 0.3 is 5.97 Å². The molecule has 0 radical (unpaired) electrons. The summed E-state index contributed by atoms with van der Waals surface area (Å²) in [4.78, 5) is 11.1. The Morgan fingerprint density at radius 1 is 1.07 bits per heavy atom. The Morgan fingerprint density at radius 2 is 1.93 bits per heavy atom. The normalized spacial score (nSPS) is 14.1. The molecular formula is C12H8O2. The quantitative estimate of drug-likeness (QED) is 0.464. The summed E-state index contributed by atoms with van der Waals surface area (Å²) in [5, 5.41) is 2.28. The number of benzene rings is 2. The highest BCUT2D eigenvalue weighted by Gasteiger charge is 2.21. The molecule has 0 bridgehead atoms. The number of esters is 1. The summed E-state index contributed by atoms with van der Waals surface area (Å²) in [7, 11) is 0. The number of fused-ring (bicyclic) bond motifs is 3. The molecule has 0 aliphatic carbocycles. The topological polar surface area (TPSA) is 26.3 Å². The van der Waals surface area contributed by atoms with E-state index in [1.54, 1.807) is 0 Å². The minimum absolute atomic E-state index is 0.156. The monoisotopic (exact) mass is 184 g/mol. The first kappa shape index (κ1) is 7.56. The van der Waals surface area contributed by atoms with Crippen LogP contribution in [0.4, 0.5) is 0 Å². The van der Waals surface area contributed by atoms with E-state index >= 15 is 0 Å². The fraction of sp³-hybridized carbons (Fsp3) is 0.0833. The Morgan fingerprint density at radius 3 is 2.86 bits per heavy atom. The summed E-state index contributed by atoms with van der Waals surface area (Å²) in [6, 6.07) is 11.9. The van der Waals surface area contributed by atoms with Crippen LogP contribution in [0.25, 0.3) is 10.8 Å². The van der Waals surface area contributed by atoms with E-state index in [-0.39, 0.29) is 5.97 Å². The second kappa shape index (κ2) is 2.58. The average molecular weight is 184 g/mol. The van der Waals surface area contributed by atoms with Crippen LogP contribution in [0.3, 0.4) is 0 Å². The SMILES string of the molecule is O=C1Cc2c(ccc3ccccc23)O1. The molecule has 2 nitrogen and oxygen atoms in total. The van der Waals surface area contributed by atoms with E-state index in [2.05, 4.69) is 0 Å². The molecule has 0 N–H and O–H groups in total. The molecule has 1 aliphatic heterocycles. The summed E-state index contributed by atoms with van der Waals surface area (Å²) in [5.74, 6) is 0.560. The van der Waals surface area contributed by atoms with Gasteiger partial charge in [0.25, 0.3) is 0 Å². The van der Waals surface area contributed by atoms with Crippen LogP contribution in [0, 0.1) is 0 Å². The third kappa shape index (κ3) is 0.940. The Balaban J connectivity index is 2.39. The first-order valence-corrected chi connectivity index (χ1v) is 4.56. The third-order valence-corrected chi connectivity index (χ3v) is 2.54. The molecule has 1 aliphatic rings. The number of ether oxygens (including phenoxy) is 1. The maximum absolute atomic E-state index is 11.1. The third-order valence-electron chi connectivity index (χ3n) is 2.54. The van der Waals surface area contributed by atoms with Gasteiger partial charge in [-0.3, -0.25) is 4.79 Å². The van der Waals surface area contributed by atoms with Gasteiger partial charge in [-0.15, -0.1) is 0 Å². The van der Waals surface area contributed by atoms with Crippen molar-refractivity contribution in [1.29, 1.82) is 0 Å². The van der Waals surface area contributed by atoms with Crippen molar-refractivity contribution in [3.8, 4) is 5.75 Å². The van der Waals surface area contributed by atoms with Crippen LogP contribution < -0.4 is 4.74 Å². The van der Waals surface area contributed by atoms with Gasteiger partial charge in [0.15, 0.2) is 0 Å². The molecule has 0 saturated carbocycles. The van der Waals surface area contributed by atoms with Crippen molar-refractivity contribution in [3.63, 3.8) is 0 Å². The first-order chi connectivity index (χ1) is 6.84. The molecular weight excluding hydrogens is 176 g/mol. The maximum Gasteiger partial charge on any atom is 0.315 e. The van der Waals surface area contributed by atoms with Gasteiger partial charge in [-0.25, -0.2) is 0 Å². The highest BCUT2D eigenvalue weighted by atomic mass is 16.5. The minimum atomic E-state index is -0.156. The van der Waals surface area contributed by atoms with Gasteiger partial charge in [0, 0.05) is 5.56 Å². The van der Waals surface area contributed by atoms with Gasteiger partial charge in [0.05, 0.1) is 6.42 Å². The molecule has 0 unspecified atom stereocenters.